The van der Waals surface area contributed by atoms with Crippen molar-refractivity contribution in [1.82, 2.24) is 19.6 Å². The van der Waals surface area contributed by atoms with Crippen LogP contribution >= 0.6 is 11.3 Å². The van der Waals surface area contributed by atoms with Crippen molar-refractivity contribution >= 4 is 23.1 Å². The van der Waals surface area contributed by atoms with Gasteiger partial charge in [0.1, 0.15) is 18.1 Å². The van der Waals surface area contributed by atoms with Crippen molar-refractivity contribution in [2.75, 3.05) is 5.32 Å². The molecule has 3 rings (SSSR count). The maximum atomic E-state index is 12.4. The molecular formula is C18H23N5OS. The Kier molecular flexibility index (Phi) is 4.51. The van der Waals surface area contributed by atoms with Crippen LogP contribution in [0.3, 0.4) is 0 Å². The molecule has 3 heterocycles. The van der Waals surface area contributed by atoms with Gasteiger partial charge in [-0.15, -0.1) is 11.3 Å². The highest BCUT2D eigenvalue weighted by Crippen LogP contribution is 2.26. The average Bonchev–Trinajstić information content (AvgIpc) is 3.20. The van der Waals surface area contributed by atoms with Gasteiger partial charge < -0.3 is 5.32 Å². The van der Waals surface area contributed by atoms with Crippen LogP contribution in [0.15, 0.2) is 29.8 Å². The number of nitrogens with zero attached hydrogens (tertiary/aromatic N) is 4. The summed E-state index contributed by atoms with van der Waals surface area (Å²) < 4.78 is 3.38. The third kappa shape index (κ3) is 3.82. The lowest BCUT2D eigenvalue weighted by Crippen LogP contribution is -2.20. The maximum Gasteiger partial charge on any atom is 0.247 e. The molecule has 7 heteroatoms. The number of nitrogens with one attached hydrogen (secondary N) is 1. The number of carbonyl (C=O) groups is 1. The van der Waals surface area contributed by atoms with Gasteiger partial charge in [-0.3, -0.25) is 14.2 Å². The molecule has 0 unspecified atom stereocenters. The number of aromatic nitrogens is 4. The molecule has 0 saturated carbocycles. The summed E-state index contributed by atoms with van der Waals surface area (Å²) in [5, 5.41) is 14.0. The van der Waals surface area contributed by atoms with E-state index in [1.54, 1.807) is 20.7 Å². The lowest BCUT2D eigenvalue weighted by atomic mass is 9.92. The molecule has 3 aromatic rings. The van der Waals surface area contributed by atoms with Crippen LogP contribution in [0.5, 0.6) is 0 Å². The molecule has 25 heavy (non-hydrogen) atoms. The van der Waals surface area contributed by atoms with Crippen LogP contribution in [0.4, 0.5) is 5.82 Å². The van der Waals surface area contributed by atoms with Crippen molar-refractivity contribution < 1.29 is 4.79 Å². The second-order valence-corrected chi connectivity index (χ2v) is 8.12. The van der Waals surface area contributed by atoms with Crippen molar-refractivity contribution in [2.45, 2.75) is 39.7 Å². The third-order valence-electron chi connectivity index (χ3n) is 3.92. The number of hydrogen-bond donors (Lipinski definition) is 1. The summed E-state index contributed by atoms with van der Waals surface area (Å²) in [6, 6.07) is 5.96. The minimum atomic E-state index is -0.122. The van der Waals surface area contributed by atoms with Crippen LogP contribution in [-0.4, -0.2) is 25.5 Å². The number of amides is 1. The lowest BCUT2D eigenvalue weighted by molar-refractivity contribution is -0.116. The normalized spacial score (nSPS) is 11.7. The van der Waals surface area contributed by atoms with E-state index in [-0.39, 0.29) is 17.9 Å². The molecule has 0 atom stereocenters. The van der Waals surface area contributed by atoms with E-state index >= 15 is 0 Å². The number of aryl methyl sites for hydroxylation is 2. The van der Waals surface area contributed by atoms with Gasteiger partial charge in [0.15, 0.2) is 0 Å². The van der Waals surface area contributed by atoms with Gasteiger partial charge in [0, 0.05) is 24.7 Å². The topological polar surface area (TPSA) is 64.7 Å². The first-order valence-electron chi connectivity index (χ1n) is 8.16. The van der Waals surface area contributed by atoms with Crippen LogP contribution < -0.4 is 5.32 Å². The zero-order valence-corrected chi connectivity index (χ0v) is 16.0. The molecule has 3 aromatic heterocycles. The summed E-state index contributed by atoms with van der Waals surface area (Å²) in [4.78, 5) is 13.5. The molecule has 0 aliphatic heterocycles. The molecule has 0 aromatic carbocycles. The largest absolute Gasteiger partial charge is 0.309 e. The summed E-state index contributed by atoms with van der Waals surface area (Å²) in [6.45, 7) is 8.47. The Morgan fingerprint density at radius 3 is 2.68 bits per heavy atom. The predicted molar refractivity (Wildman–Crippen MR) is 101 cm³/mol. The van der Waals surface area contributed by atoms with E-state index in [0.29, 0.717) is 5.82 Å². The highest BCUT2D eigenvalue weighted by atomic mass is 32.1. The Labute approximate surface area is 151 Å². The van der Waals surface area contributed by atoms with Crippen molar-refractivity contribution in [3.05, 3.63) is 41.0 Å². The quantitative estimate of drug-likeness (QED) is 0.776. The van der Waals surface area contributed by atoms with Crippen LogP contribution in [0, 0.1) is 6.92 Å². The third-order valence-corrected chi connectivity index (χ3v) is 4.80. The molecule has 0 bridgehead atoms. The molecule has 1 amide bonds. The summed E-state index contributed by atoms with van der Waals surface area (Å²) in [5.41, 5.74) is 2.87. The minimum absolute atomic E-state index is 0.0601. The number of thiophene rings is 1. The first-order chi connectivity index (χ1) is 11.7. The first kappa shape index (κ1) is 17.4. The molecule has 0 radical (unpaired) electrons. The second-order valence-electron chi connectivity index (χ2n) is 7.17. The van der Waals surface area contributed by atoms with Gasteiger partial charge in [-0.05, 0) is 23.9 Å². The fourth-order valence-electron chi connectivity index (χ4n) is 2.54. The van der Waals surface area contributed by atoms with Gasteiger partial charge in [0.05, 0.1) is 10.6 Å². The Hall–Kier alpha value is -2.41. The van der Waals surface area contributed by atoms with Crippen molar-refractivity contribution in [3.63, 3.8) is 0 Å². The average molecular weight is 357 g/mol. The Morgan fingerprint density at radius 2 is 2.08 bits per heavy atom. The highest BCUT2D eigenvalue weighted by molar-refractivity contribution is 7.13. The molecule has 6 nitrogen and oxygen atoms in total. The molecule has 1 N–H and O–H groups in total. The van der Waals surface area contributed by atoms with Gasteiger partial charge in [-0.1, -0.05) is 26.8 Å². The van der Waals surface area contributed by atoms with Crippen molar-refractivity contribution in [1.29, 1.82) is 0 Å². The fourth-order valence-corrected chi connectivity index (χ4v) is 3.31. The standard InChI is InChI=1S/C18H23N5OS/c1-12-10-23(21-17(12)13-7-6-8-25-13)11-16(24)19-15-9-14(18(2,3)4)20-22(15)5/h6-10H,11H2,1-5H3,(H,19,24). The van der Waals surface area contributed by atoms with Crippen LogP contribution in [-0.2, 0) is 23.8 Å². The maximum absolute atomic E-state index is 12.4. The first-order valence-corrected chi connectivity index (χ1v) is 9.04. The fraction of sp³-hybridized carbons (Fsp3) is 0.389. The van der Waals surface area contributed by atoms with Crippen LogP contribution in [0.25, 0.3) is 10.6 Å². The van der Waals surface area contributed by atoms with Crippen molar-refractivity contribution in [2.24, 2.45) is 7.05 Å². The van der Waals surface area contributed by atoms with Gasteiger partial charge in [0.2, 0.25) is 5.91 Å². The smallest absolute Gasteiger partial charge is 0.247 e. The highest BCUT2D eigenvalue weighted by Gasteiger charge is 2.20. The summed E-state index contributed by atoms with van der Waals surface area (Å²) in [7, 11) is 1.83. The van der Waals surface area contributed by atoms with E-state index < -0.39 is 0 Å². The van der Waals surface area contributed by atoms with E-state index in [1.165, 1.54) is 0 Å². The molecule has 0 aliphatic rings. The van der Waals surface area contributed by atoms with E-state index in [2.05, 4.69) is 36.3 Å². The number of carbonyl (C=O) groups excluding carboxylic acids is 1. The van der Waals surface area contributed by atoms with Crippen molar-refractivity contribution in [3.8, 4) is 10.6 Å². The Morgan fingerprint density at radius 1 is 1.32 bits per heavy atom. The zero-order chi connectivity index (χ0) is 18.2. The summed E-state index contributed by atoms with van der Waals surface area (Å²) in [6.07, 6.45) is 1.90. The van der Waals surface area contributed by atoms with Gasteiger partial charge in [-0.2, -0.15) is 10.2 Å². The predicted octanol–water partition coefficient (Wildman–Crippen LogP) is 3.59. The summed E-state index contributed by atoms with van der Waals surface area (Å²) in [5.74, 6) is 0.570. The monoisotopic (exact) mass is 357 g/mol. The van der Waals surface area contributed by atoms with Crippen LogP contribution in [0.2, 0.25) is 0 Å². The van der Waals surface area contributed by atoms with Gasteiger partial charge >= 0.3 is 0 Å². The van der Waals surface area contributed by atoms with Crippen LogP contribution in [0.1, 0.15) is 32.0 Å². The molecular weight excluding hydrogens is 334 g/mol. The van der Waals surface area contributed by atoms with Gasteiger partial charge in [0.25, 0.3) is 0 Å². The zero-order valence-electron chi connectivity index (χ0n) is 15.2. The van der Waals surface area contributed by atoms with Gasteiger partial charge in [-0.25, -0.2) is 0 Å². The van der Waals surface area contributed by atoms with E-state index in [0.717, 1.165) is 21.8 Å². The second kappa shape index (κ2) is 6.48. The number of anilines is 1. The Bertz CT molecular complexity index is 883. The molecule has 0 aliphatic carbocycles. The van der Waals surface area contributed by atoms with E-state index in [1.807, 2.05) is 43.7 Å². The molecule has 0 spiro atoms. The molecule has 0 fully saturated rings. The molecule has 132 valence electrons. The Balaban J connectivity index is 1.72. The number of hydrogen-bond acceptors (Lipinski definition) is 4. The minimum Gasteiger partial charge on any atom is -0.309 e. The number of rotatable bonds is 4. The summed E-state index contributed by atoms with van der Waals surface area (Å²) >= 11 is 1.64. The SMILES string of the molecule is Cc1cn(CC(=O)Nc2cc(C(C)(C)C)nn2C)nc1-c1cccs1. The van der Waals surface area contributed by atoms with E-state index in [4.69, 9.17) is 0 Å². The molecule has 0 saturated heterocycles. The van der Waals surface area contributed by atoms with E-state index in [9.17, 15) is 4.79 Å². The lowest BCUT2D eigenvalue weighted by Gasteiger charge is -2.13.